The molecule has 2 aromatic carbocycles. The molecular formula is C26H34OSi. The van der Waals surface area contributed by atoms with E-state index in [1.54, 1.807) is 0 Å². The second kappa shape index (κ2) is 9.04. The number of benzene rings is 2. The first-order valence-corrected chi connectivity index (χ1v) is 13.7. The van der Waals surface area contributed by atoms with Gasteiger partial charge in [-0.15, -0.1) is 0 Å². The Morgan fingerprint density at radius 1 is 0.929 bits per heavy atom. The van der Waals surface area contributed by atoms with Crippen LogP contribution in [0.1, 0.15) is 57.1 Å². The number of ketones is 1. The SMILES string of the molecule is CC[Si](/C=C/C1(c2ccccc2)CCCC(c2ccccc2)C1=O)(CC)CC. The summed E-state index contributed by atoms with van der Waals surface area (Å²) >= 11 is 0. The largest absolute Gasteiger partial charge is 0.298 e. The van der Waals surface area contributed by atoms with E-state index in [9.17, 15) is 4.79 Å². The normalized spacial score (nSPS) is 23.2. The Morgan fingerprint density at radius 3 is 2.07 bits per heavy atom. The van der Waals surface area contributed by atoms with Gasteiger partial charge in [0.25, 0.3) is 0 Å². The highest BCUT2D eigenvalue weighted by Gasteiger charge is 2.45. The Kier molecular flexibility index (Phi) is 6.72. The van der Waals surface area contributed by atoms with Gasteiger partial charge in [0, 0.05) is 5.92 Å². The van der Waals surface area contributed by atoms with Crippen molar-refractivity contribution < 1.29 is 4.79 Å². The van der Waals surface area contributed by atoms with Gasteiger partial charge in [0.1, 0.15) is 0 Å². The first kappa shape index (κ1) is 20.8. The molecule has 0 radical (unpaired) electrons. The fraction of sp³-hybridized carbons (Fsp3) is 0.423. The van der Waals surface area contributed by atoms with Crippen LogP contribution in [0.5, 0.6) is 0 Å². The summed E-state index contributed by atoms with van der Waals surface area (Å²) in [6.07, 6.45) is 5.33. The predicted octanol–water partition coefficient (Wildman–Crippen LogP) is 7.07. The molecule has 0 aliphatic heterocycles. The molecule has 3 rings (SSSR count). The molecule has 0 amide bonds. The first-order valence-electron chi connectivity index (χ1n) is 11.0. The Labute approximate surface area is 171 Å². The Bertz CT molecular complexity index is 783. The molecule has 1 aliphatic carbocycles. The third kappa shape index (κ3) is 3.93. The fourth-order valence-corrected chi connectivity index (χ4v) is 7.71. The maximum absolute atomic E-state index is 14.0. The topological polar surface area (TPSA) is 17.1 Å². The van der Waals surface area contributed by atoms with Crippen molar-refractivity contribution in [3.05, 3.63) is 83.6 Å². The lowest BCUT2D eigenvalue weighted by molar-refractivity contribution is -0.126. The number of rotatable bonds is 7. The minimum absolute atomic E-state index is 0.000697. The second-order valence-corrected chi connectivity index (χ2v) is 13.5. The van der Waals surface area contributed by atoms with Crippen LogP contribution < -0.4 is 0 Å². The van der Waals surface area contributed by atoms with Crippen molar-refractivity contribution in [1.82, 2.24) is 0 Å². The van der Waals surface area contributed by atoms with E-state index in [1.807, 2.05) is 12.1 Å². The zero-order valence-corrected chi connectivity index (χ0v) is 18.7. The molecule has 28 heavy (non-hydrogen) atoms. The quantitative estimate of drug-likeness (QED) is 0.462. The molecule has 2 atom stereocenters. The highest BCUT2D eigenvalue weighted by molar-refractivity contribution is 6.84. The number of carbonyl (C=O) groups is 1. The summed E-state index contributed by atoms with van der Waals surface area (Å²) in [7, 11) is -1.44. The molecule has 1 fully saturated rings. The zero-order valence-electron chi connectivity index (χ0n) is 17.7. The average Bonchev–Trinajstić information content (AvgIpc) is 2.77. The molecule has 2 unspecified atom stereocenters. The third-order valence-electron chi connectivity index (χ3n) is 7.14. The van der Waals surface area contributed by atoms with E-state index >= 15 is 0 Å². The molecule has 1 aliphatic rings. The van der Waals surface area contributed by atoms with Gasteiger partial charge >= 0.3 is 0 Å². The van der Waals surface area contributed by atoms with Gasteiger partial charge in [-0.05, 0) is 24.0 Å². The molecule has 0 N–H and O–H groups in total. The minimum Gasteiger partial charge on any atom is -0.298 e. The second-order valence-electron chi connectivity index (χ2n) is 8.31. The van der Waals surface area contributed by atoms with Gasteiger partial charge in [0.2, 0.25) is 0 Å². The van der Waals surface area contributed by atoms with Crippen LogP contribution >= 0.6 is 0 Å². The summed E-state index contributed by atoms with van der Waals surface area (Å²) in [6.45, 7) is 6.98. The van der Waals surface area contributed by atoms with Gasteiger partial charge in [-0.2, -0.15) is 0 Å². The highest BCUT2D eigenvalue weighted by Crippen LogP contribution is 2.44. The molecule has 0 heterocycles. The zero-order chi connectivity index (χ0) is 20.0. The number of hydrogen-bond acceptors (Lipinski definition) is 1. The molecule has 2 heteroatoms. The predicted molar refractivity (Wildman–Crippen MR) is 122 cm³/mol. The number of hydrogen-bond donors (Lipinski definition) is 0. The summed E-state index contributed by atoms with van der Waals surface area (Å²) in [5.41, 5.74) is 4.39. The van der Waals surface area contributed by atoms with Crippen molar-refractivity contribution in [3.8, 4) is 0 Å². The molecule has 1 saturated carbocycles. The van der Waals surface area contributed by atoms with Crippen LogP contribution in [-0.4, -0.2) is 13.9 Å². The summed E-state index contributed by atoms with van der Waals surface area (Å²) in [4.78, 5) is 14.0. The van der Waals surface area contributed by atoms with E-state index in [2.05, 4.69) is 81.1 Å². The van der Waals surface area contributed by atoms with Gasteiger partial charge in [-0.3, -0.25) is 4.79 Å². The number of allylic oxidation sites excluding steroid dienone is 1. The standard InChI is InChI=1S/C26H34OSi/c1-4-28(5-2,6-3)21-20-26(23-16-11-8-12-17-23)19-13-18-24(25(26)27)22-14-9-7-10-15-22/h7-12,14-17,20-21,24H,4-6,13,18-19H2,1-3H3/b21-20+. The maximum atomic E-state index is 14.0. The smallest absolute Gasteiger partial charge is 0.154 e. The molecule has 1 nitrogen and oxygen atoms in total. The van der Waals surface area contributed by atoms with Gasteiger partial charge in [-0.1, -0.05) is 118 Å². The van der Waals surface area contributed by atoms with E-state index in [0.29, 0.717) is 5.78 Å². The average molecular weight is 391 g/mol. The van der Waals surface area contributed by atoms with Crippen LogP contribution in [0.15, 0.2) is 72.4 Å². The number of carbonyl (C=O) groups excluding carboxylic acids is 1. The van der Waals surface area contributed by atoms with E-state index in [4.69, 9.17) is 0 Å². The van der Waals surface area contributed by atoms with E-state index < -0.39 is 13.5 Å². The van der Waals surface area contributed by atoms with Crippen LogP contribution in [-0.2, 0) is 10.2 Å². The highest BCUT2D eigenvalue weighted by atomic mass is 28.3. The summed E-state index contributed by atoms with van der Waals surface area (Å²) in [5, 5.41) is 0. The van der Waals surface area contributed by atoms with Crippen molar-refractivity contribution in [2.75, 3.05) is 0 Å². The summed E-state index contributed by atoms with van der Waals surface area (Å²) in [6, 6.07) is 24.6. The Hall–Kier alpha value is -1.93. The van der Waals surface area contributed by atoms with Crippen molar-refractivity contribution >= 4 is 13.9 Å². The first-order chi connectivity index (χ1) is 13.6. The Balaban J connectivity index is 2.08. The monoisotopic (exact) mass is 390 g/mol. The van der Waals surface area contributed by atoms with Gasteiger partial charge in [0.05, 0.1) is 13.5 Å². The molecule has 0 bridgehead atoms. The van der Waals surface area contributed by atoms with Crippen LogP contribution in [0, 0.1) is 0 Å². The van der Waals surface area contributed by atoms with Crippen LogP contribution in [0.2, 0.25) is 18.1 Å². The summed E-state index contributed by atoms with van der Waals surface area (Å²) in [5.74, 6) is 0.388. The van der Waals surface area contributed by atoms with Crippen LogP contribution in [0.3, 0.4) is 0 Å². The van der Waals surface area contributed by atoms with Crippen LogP contribution in [0.25, 0.3) is 0 Å². The summed E-state index contributed by atoms with van der Waals surface area (Å²) < 4.78 is 0. The lowest BCUT2D eigenvalue weighted by Gasteiger charge is -2.39. The molecule has 0 saturated heterocycles. The maximum Gasteiger partial charge on any atom is 0.154 e. The molecule has 2 aromatic rings. The molecular weight excluding hydrogens is 356 g/mol. The molecule has 148 valence electrons. The third-order valence-corrected chi connectivity index (χ3v) is 12.2. The lowest BCUT2D eigenvalue weighted by atomic mass is 9.63. The van der Waals surface area contributed by atoms with E-state index in [0.717, 1.165) is 19.3 Å². The lowest BCUT2D eigenvalue weighted by Crippen LogP contribution is -2.42. The fourth-order valence-electron chi connectivity index (χ4n) is 4.86. The Morgan fingerprint density at radius 2 is 1.50 bits per heavy atom. The minimum atomic E-state index is -1.44. The van der Waals surface area contributed by atoms with Crippen molar-refractivity contribution in [2.24, 2.45) is 0 Å². The molecule has 0 spiro atoms. The van der Waals surface area contributed by atoms with Crippen molar-refractivity contribution in [1.29, 1.82) is 0 Å². The van der Waals surface area contributed by atoms with E-state index in [-0.39, 0.29) is 5.92 Å². The van der Waals surface area contributed by atoms with Crippen LogP contribution in [0.4, 0.5) is 0 Å². The van der Waals surface area contributed by atoms with Gasteiger partial charge in [-0.25, -0.2) is 0 Å². The van der Waals surface area contributed by atoms with Crippen molar-refractivity contribution in [3.63, 3.8) is 0 Å². The van der Waals surface area contributed by atoms with Crippen molar-refractivity contribution in [2.45, 2.75) is 69.5 Å². The number of Topliss-reactive ketones (excluding diaryl/α,β-unsaturated/α-hetero) is 1. The van der Waals surface area contributed by atoms with Gasteiger partial charge in [0.15, 0.2) is 5.78 Å². The van der Waals surface area contributed by atoms with Gasteiger partial charge < -0.3 is 0 Å². The molecule has 0 aromatic heterocycles. The van der Waals surface area contributed by atoms with E-state index in [1.165, 1.54) is 29.3 Å².